The SMILES string of the molecule is Cc1cc(C)n(Cc2cccc(C(=O)N3C[C@H]4CNC[C@H]4C3)c2)n1. The van der Waals surface area contributed by atoms with Crippen LogP contribution in [0.25, 0.3) is 0 Å². The van der Waals surface area contributed by atoms with Crippen LogP contribution in [0.4, 0.5) is 0 Å². The fourth-order valence-corrected chi connectivity index (χ4v) is 4.01. The third-order valence-electron chi connectivity index (χ3n) is 5.29. The van der Waals surface area contributed by atoms with E-state index in [1.165, 1.54) is 0 Å². The van der Waals surface area contributed by atoms with Crippen molar-refractivity contribution in [3.63, 3.8) is 0 Å². The maximum atomic E-state index is 12.8. The van der Waals surface area contributed by atoms with Crippen LogP contribution in [-0.2, 0) is 6.54 Å². The Morgan fingerprint density at radius 2 is 1.96 bits per heavy atom. The highest BCUT2D eigenvalue weighted by Crippen LogP contribution is 2.27. The molecular formula is C19H24N4O. The summed E-state index contributed by atoms with van der Waals surface area (Å²) in [4.78, 5) is 14.9. The number of carbonyl (C=O) groups excluding carboxylic acids is 1. The summed E-state index contributed by atoms with van der Waals surface area (Å²) in [5, 5.41) is 7.93. The van der Waals surface area contributed by atoms with Crippen LogP contribution in [0.1, 0.15) is 27.3 Å². The van der Waals surface area contributed by atoms with Gasteiger partial charge in [0.2, 0.25) is 0 Å². The smallest absolute Gasteiger partial charge is 0.253 e. The van der Waals surface area contributed by atoms with E-state index in [-0.39, 0.29) is 5.91 Å². The number of hydrogen-bond acceptors (Lipinski definition) is 3. The van der Waals surface area contributed by atoms with E-state index in [1.807, 2.05) is 34.7 Å². The molecule has 1 aromatic heterocycles. The minimum atomic E-state index is 0.166. The molecule has 0 bridgehead atoms. The second-order valence-corrected chi connectivity index (χ2v) is 7.17. The Balaban J connectivity index is 1.50. The van der Waals surface area contributed by atoms with Gasteiger partial charge in [-0.05, 0) is 49.4 Å². The molecule has 5 heteroatoms. The summed E-state index contributed by atoms with van der Waals surface area (Å²) in [7, 11) is 0. The molecule has 4 rings (SSSR count). The summed E-state index contributed by atoms with van der Waals surface area (Å²) in [6.07, 6.45) is 0. The van der Waals surface area contributed by atoms with Crippen LogP contribution in [0.15, 0.2) is 30.3 Å². The monoisotopic (exact) mass is 324 g/mol. The summed E-state index contributed by atoms with van der Waals surface area (Å²) < 4.78 is 1.99. The number of nitrogens with one attached hydrogen (secondary N) is 1. The number of carbonyl (C=O) groups is 1. The molecule has 2 atom stereocenters. The maximum Gasteiger partial charge on any atom is 0.253 e. The fourth-order valence-electron chi connectivity index (χ4n) is 4.01. The zero-order valence-electron chi connectivity index (χ0n) is 14.3. The van der Waals surface area contributed by atoms with E-state index >= 15 is 0 Å². The molecule has 2 aliphatic heterocycles. The standard InChI is InChI=1S/C19H24N4O/c1-13-6-14(2)23(21-13)10-15-4-3-5-16(7-15)19(24)22-11-17-8-20-9-18(17)12-22/h3-7,17-18,20H,8-12H2,1-2H3/t17-,18+. The molecule has 2 aliphatic rings. The Labute approximate surface area is 142 Å². The minimum Gasteiger partial charge on any atom is -0.338 e. The molecule has 126 valence electrons. The number of likely N-dealkylation sites (tertiary alicyclic amines) is 1. The Morgan fingerprint density at radius 3 is 2.62 bits per heavy atom. The van der Waals surface area contributed by atoms with Gasteiger partial charge in [0, 0.05) is 37.4 Å². The van der Waals surface area contributed by atoms with Crippen LogP contribution in [0.2, 0.25) is 0 Å². The highest BCUT2D eigenvalue weighted by molar-refractivity contribution is 5.94. The molecule has 3 heterocycles. The van der Waals surface area contributed by atoms with Crippen molar-refractivity contribution in [1.29, 1.82) is 0 Å². The molecule has 2 fully saturated rings. The Bertz CT molecular complexity index is 754. The van der Waals surface area contributed by atoms with E-state index in [1.54, 1.807) is 0 Å². The Hall–Kier alpha value is -2.14. The van der Waals surface area contributed by atoms with Crippen LogP contribution in [0, 0.1) is 25.7 Å². The summed E-state index contributed by atoms with van der Waals surface area (Å²) in [5.74, 6) is 1.43. The average molecular weight is 324 g/mol. The van der Waals surface area contributed by atoms with E-state index in [0.29, 0.717) is 18.4 Å². The lowest BCUT2D eigenvalue weighted by Crippen LogP contribution is -2.31. The molecular weight excluding hydrogens is 300 g/mol. The Morgan fingerprint density at radius 1 is 1.21 bits per heavy atom. The first-order valence-corrected chi connectivity index (χ1v) is 8.70. The van der Waals surface area contributed by atoms with Crippen molar-refractivity contribution in [3.05, 3.63) is 52.8 Å². The molecule has 0 radical (unpaired) electrons. The molecule has 1 N–H and O–H groups in total. The van der Waals surface area contributed by atoms with Crippen LogP contribution >= 0.6 is 0 Å². The normalized spacial score (nSPS) is 22.8. The molecule has 2 aromatic rings. The largest absolute Gasteiger partial charge is 0.338 e. The van der Waals surface area contributed by atoms with Crippen molar-refractivity contribution in [2.75, 3.05) is 26.2 Å². The van der Waals surface area contributed by atoms with Crippen molar-refractivity contribution in [1.82, 2.24) is 20.0 Å². The van der Waals surface area contributed by atoms with Gasteiger partial charge >= 0.3 is 0 Å². The van der Waals surface area contributed by atoms with Crippen LogP contribution in [0.3, 0.4) is 0 Å². The number of aryl methyl sites for hydroxylation is 2. The van der Waals surface area contributed by atoms with Crippen LogP contribution < -0.4 is 5.32 Å². The molecule has 24 heavy (non-hydrogen) atoms. The van der Waals surface area contributed by atoms with E-state index in [2.05, 4.69) is 29.5 Å². The molecule has 0 spiro atoms. The zero-order valence-corrected chi connectivity index (χ0v) is 14.3. The first-order chi connectivity index (χ1) is 11.6. The second-order valence-electron chi connectivity index (χ2n) is 7.17. The van der Waals surface area contributed by atoms with Crippen molar-refractivity contribution in [3.8, 4) is 0 Å². The highest BCUT2D eigenvalue weighted by Gasteiger charge is 2.38. The molecule has 2 saturated heterocycles. The molecule has 5 nitrogen and oxygen atoms in total. The van der Waals surface area contributed by atoms with Gasteiger partial charge < -0.3 is 10.2 Å². The van der Waals surface area contributed by atoms with Gasteiger partial charge in [-0.2, -0.15) is 5.10 Å². The minimum absolute atomic E-state index is 0.166. The lowest BCUT2D eigenvalue weighted by atomic mass is 10.0. The number of fused-ring (bicyclic) bond motifs is 1. The van der Waals surface area contributed by atoms with Crippen LogP contribution in [-0.4, -0.2) is 46.8 Å². The average Bonchev–Trinajstić information content (AvgIpc) is 3.22. The van der Waals surface area contributed by atoms with Crippen LogP contribution in [0.5, 0.6) is 0 Å². The first kappa shape index (κ1) is 15.4. The lowest BCUT2D eigenvalue weighted by molar-refractivity contribution is 0.0781. The molecule has 0 unspecified atom stereocenters. The molecule has 0 aliphatic carbocycles. The van der Waals surface area contributed by atoms with Gasteiger partial charge in [0.15, 0.2) is 0 Å². The maximum absolute atomic E-state index is 12.8. The van der Waals surface area contributed by atoms with Gasteiger partial charge in [-0.25, -0.2) is 0 Å². The predicted molar refractivity (Wildman–Crippen MR) is 93.0 cm³/mol. The first-order valence-electron chi connectivity index (χ1n) is 8.70. The molecule has 1 aromatic carbocycles. The third-order valence-corrected chi connectivity index (χ3v) is 5.29. The summed E-state index contributed by atoms with van der Waals surface area (Å²) in [6.45, 7) is 8.64. The summed E-state index contributed by atoms with van der Waals surface area (Å²) >= 11 is 0. The predicted octanol–water partition coefficient (Wildman–Crippen LogP) is 1.84. The van der Waals surface area contributed by atoms with Gasteiger partial charge in [-0.1, -0.05) is 12.1 Å². The third kappa shape index (κ3) is 2.84. The number of hydrogen-bond donors (Lipinski definition) is 1. The number of rotatable bonds is 3. The van der Waals surface area contributed by atoms with E-state index < -0.39 is 0 Å². The summed E-state index contributed by atoms with van der Waals surface area (Å²) in [5.41, 5.74) is 4.08. The number of amides is 1. The van der Waals surface area contributed by atoms with Gasteiger partial charge in [-0.15, -0.1) is 0 Å². The van der Waals surface area contributed by atoms with Gasteiger partial charge in [0.05, 0.1) is 12.2 Å². The van der Waals surface area contributed by atoms with Crippen molar-refractivity contribution in [2.45, 2.75) is 20.4 Å². The second kappa shape index (κ2) is 6.06. The van der Waals surface area contributed by atoms with E-state index in [4.69, 9.17) is 0 Å². The van der Waals surface area contributed by atoms with Gasteiger partial charge in [0.1, 0.15) is 0 Å². The number of aromatic nitrogens is 2. The topological polar surface area (TPSA) is 50.2 Å². The number of benzene rings is 1. The molecule has 1 amide bonds. The zero-order chi connectivity index (χ0) is 16.7. The van der Waals surface area contributed by atoms with Gasteiger partial charge in [-0.3, -0.25) is 9.48 Å². The van der Waals surface area contributed by atoms with Gasteiger partial charge in [0.25, 0.3) is 5.91 Å². The van der Waals surface area contributed by atoms with E-state index in [0.717, 1.165) is 48.7 Å². The van der Waals surface area contributed by atoms with E-state index in [9.17, 15) is 4.79 Å². The quantitative estimate of drug-likeness (QED) is 0.937. The van der Waals surface area contributed by atoms with Crippen molar-refractivity contribution in [2.24, 2.45) is 11.8 Å². The highest BCUT2D eigenvalue weighted by atomic mass is 16.2. The van der Waals surface area contributed by atoms with Crippen molar-refractivity contribution >= 4 is 5.91 Å². The molecule has 0 saturated carbocycles. The summed E-state index contributed by atoms with van der Waals surface area (Å²) in [6, 6.07) is 10.1. The Kier molecular flexibility index (Phi) is 3.88. The lowest BCUT2D eigenvalue weighted by Gasteiger charge is -2.18. The van der Waals surface area contributed by atoms with Crippen molar-refractivity contribution < 1.29 is 4.79 Å². The fraction of sp³-hybridized carbons (Fsp3) is 0.474. The number of nitrogens with zero attached hydrogens (tertiary/aromatic N) is 3.